The smallest absolute Gasteiger partial charge is 0.462 e. The third kappa shape index (κ3) is 36.5. The van der Waals surface area contributed by atoms with E-state index in [1.807, 2.05) is 27.2 Å². The normalized spacial score (nSPS) is 13.8. The second-order valence-corrected chi connectivity index (χ2v) is 16.5. The van der Waals surface area contributed by atoms with E-state index in [-0.39, 0.29) is 32.0 Å². The first kappa shape index (κ1) is 48.8. The number of likely N-dealkylation sites (N-methyl/N-ethyl adjacent to an activating group) is 1. The van der Waals surface area contributed by atoms with Gasteiger partial charge in [0.2, 0.25) is 0 Å². The quantitative estimate of drug-likeness (QED) is 0.0221. The van der Waals surface area contributed by atoms with Crippen LogP contribution in [0.3, 0.4) is 0 Å². The first-order chi connectivity index (χ1) is 24.0. The van der Waals surface area contributed by atoms with Gasteiger partial charge in [-0.25, -0.2) is 4.57 Å². The van der Waals surface area contributed by atoms with Crippen molar-refractivity contribution >= 4 is 19.8 Å². The largest absolute Gasteiger partial charge is 0.472 e. The fourth-order valence-corrected chi connectivity index (χ4v) is 6.30. The molecule has 0 radical (unpaired) electrons. The van der Waals surface area contributed by atoms with Crippen molar-refractivity contribution in [2.75, 3.05) is 47.5 Å². The maximum absolute atomic E-state index is 12.6. The van der Waals surface area contributed by atoms with E-state index in [4.69, 9.17) is 18.5 Å². The summed E-state index contributed by atoms with van der Waals surface area (Å²) < 4.78 is 34.1. The Balaban J connectivity index is 4.43. The molecular formula is C40H79NO8P+. The van der Waals surface area contributed by atoms with Crippen molar-refractivity contribution in [3.8, 4) is 0 Å². The van der Waals surface area contributed by atoms with Gasteiger partial charge in [0, 0.05) is 12.8 Å². The number of hydrogen-bond acceptors (Lipinski definition) is 7. The van der Waals surface area contributed by atoms with Crippen molar-refractivity contribution < 1.29 is 42.1 Å². The van der Waals surface area contributed by atoms with Crippen molar-refractivity contribution in [3.05, 3.63) is 12.2 Å². The Morgan fingerprint density at radius 2 is 1.06 bits per heavy atom. The highest BCUT2D eigenvalue weighted by atomic mass is 31.2. The highest BCUT2D eigenvalue weighted by Crippen LogP contribution is 2.43. The number of allylic oxidation sites excluding steroid dienone is 2. The zero-order chi connectivity index (χ0) is 37.2. The maximum atomic E-state index is 12.6. The predicted octanol–water partition coefficient (Wildman–Crippen LogP) is 11.0. The minimum Gasteiger partial charge on any atom is -0.462 e. The Bertz CT molecular complexity index is 876. The molecule has 0 fully saturated rings. The molecule has 0 bridgehead atoms. The van der Waals surface area contributed by atoms with Crippen LogP contribution >= 0.6 is 7.82 Å². The molecule has 9 nitrogen and oxygen atoms in total. The van der Waals surface area contributed by atoms with Gasteiger partial charge in [-0.05, 0) is 25.7 Å². The average molecular weight is 733 g/mol. The zero-order valence-corrected chi connectivity index (χ0v) is 34.0. The van der Waals surface area contributed by atoms with Crippen molar-refractivity contribution in [1.29, 1.82) is 0 Å². The monoisotopic (exact) mass is 733 g/mol. The van der Waals surface area contributed by atoms with Gasteiger partial charge >= 0.3 is 19.8 Å². The number of carbonyl (C=O) groups is 2. The number of esters is 2. The number of phosphoric acid groups is 1. The second kappa shape index (κ2) is 33.6. The van der Waals surface area contributed by atoms with Crippen LogP contribution in [-0.2, 0) is 32.7 Å². The molecule has 1 unspecified atom stereocenters. The van der Waals surface area contributed by atoms with Crippen molar-refractivity contribution in [2.45, 2.75) is 187 Å². The Morgan fingerprint density at radius 3 is 1.56 bits per heavy atom. The minimum absolute atomic E-state index is 0.0290. The first-order valence-electron chi connectivity index (χ1n) is 20.4. The summed E-state index contributed by atoms with van der Waals surface area (Å²) >= 11 is 0. The number of carbonyl (C=O) groups excluding carboxylic acids is 2. The molecule has 0 aromatic rings. The lowest BCUT2D eigenvalue weighted by molar-refractivity contribution is -0.870. The molecule has 0 amide bonds. The van der Waals surface area contributed by atoms with Crippen LogP contribution in [0.5, 0.6) is 0 Å². The van der Waals surface area contributed by atoms with Gasteiger partial charge in [-0.1, -0.05) is 154 Å². The van der Waals surface area contributed by atoms with Crippen LogP contribution in [0.15, 0.2) is 12.2 Å². The van der Waals surface area contributed by atoms with E-state index in [0.29, 0.717) is 17.4 Å². The van der Waals surface area contributed by atoms with Crippen LogP contribution in [0.2, 0.25) is 0 Å². The van der Waals surface area contributed by atoms with E-state index in [0.717, 1.165) is 32.1 Å². The van der Waals surface area contributed by atoms with E-state index in [1.165, 1.54) is 116 Å². The Labute approximate surface area is 307 Å². The Kier molecular flexibility index (Phi) is 32.7. The molecule has 1 N–H and O–H groups in total. The van der Waals surface area contributed by atoms with E-state index < -0.39 is 26.5 Å². The van der Waals surface area contributed by atoms with Crippen LogP contribution in [0, 0.1) is 0 Å². The summed E-state index contributed by atoms with van der Waals surface area (Å²) in [7, 11) is 1.46. The SMILES string of the molecule is CCCCCCCCCCCCC/C=C/CCC(=O)O[C@H](COC(=O)CCCCCCCCCCCCC)COP(=O)(O)OCC[N+](C)(C)C. The first-order valence-corrected chi connectivity index (χ1v) is 21.9. The predicted molar refractivity (Wildman–Crippen MR) is 206 cm³/mol. The molecule has 50 heavy (non-hydrogen) atoms. The molecule has 0 saturated heterocycles. The van der Waals surface area contributed by atoms with Gasteiger partial charge in [0.05, 0.1) is 27.7 Å². The lowest BCUT2D eigenvalue weighted by Crippen LogP contribution is -2.37. The highest BCUT2D eigenvalue weighted by molar-refractivity contribution is 7.47. The summed E-state index contributed by atoms with van der Waals surface area (Å²) in [6, 6.07) is 0. The summed E-state index contributed by atoms with van der Waals surface area (Å²) in [4.78, 5) is 35.2. The third-order valence-electron chi connectivity index (χ3n) is 8.81. The van der Waals surface area contributed by atoms with Gasteiger partial charge in [0.25, 0.3) is 0 Å². The molecule has 0 aliphatic carbocycles. The standard InChI is InChI=1S/C40H78NO8P/c1-6-8-10-12-14-16-18-19-20-21-23-25-27-29-31-33-40(43)49-38(37-48-50(44,45)47-35-34-41(3,4)5)36-46-39(42)32-30-28-26-24-22-17-15-13-11-9-7-2/h27,29,38H,6-26,28,30-37H2,1-5H3/p+1/b29-27+/t38-/m1/s1. The lowest BCUT2D eigenvalue weighted by Gasteiger charge is -2.24. The number of nitrogens with zero attached hydrogens (tertiary/aromatic N) is 1. The Morgan fingerprint density at radius 1 is 0.600 bits per heavy atom. The number of hydrogen-bond donors (Lipinski definition) is 1. The van der Waals surface area contributed by atoms with Crippen molar-refractivity contribution in [1.82, 2.24) is 0 Å². The van der Waals surface area contributed by atoms with Crippen LogP contribution in [0.1, 0.15) is 181 Å². The van der Waals surface area contributed by atoms with E-state index >= 15 is 0 Å². The van der Waals surface area contributed by atoms with Crippen molar-refractivity contribution in [2.24, 2.45) is 0 Å². The Hall–Kier alpha value is -1.25. The zero-order valence-electron chi connectivity index (χ0n) is 33.1. The van der Waals surface area contributed by atoms with Crippen LogP contribution in [-0.4, -0.2) is 74.9 Å². The third-order valence-corrected chi connectivity index (χ3v) is 9.79. The summed E-state index contributed by atoms with van der Waals surface area (Å²) in [5, 5.41) is 0. The van der Waals surface area contributed by atoms with Gasteiger partial charge < -0.3 is 18.9 Å². The summed E-state index contributed by atoms with van der Waals surface area (Å²) in [6.07, 6.45) is 32.7. The molecule has 296 valence electrons. The fourth-order valence-electron chi connectivity index (χ4n) is 5.56. The molecule has 0 spiro atoms. The van der Waals surface area contributed by atoms with E-state index in [2.05, 4.69) is 19.9 Å². The number of rotatable bonds is 37. The molecule has 0 aliphatic heterocycles. The minimum atomic E-state index is -4.37. The summed E-state index contributed by atoms with van der Waals surface area (Å²) in [5.74, 6) is -0.850. The second-order valence-electron chi connectivity index (χ2n) is 15.0. The summed E-state index contributed by atoms with van der Waals surface area (Å²) in [5.41, 5.74) is 0. The number of unbranched alkanes of at least 4 members (excludes halogenated alkanes) is 21. The van der Waals surface area contributed by atoms with Crippen LogP contribution < -0.4 is 0 Å². The van der Waals surface area contributed by atoms with E-state index in [9.17, 15) is 19.0 Å². The maximum Gasteiger partial charge on any atom is 0.472 e. The molecule has 0 aromatic heterocycles. The highest BCUT2D eigenvalue weighted by Gasteiger charge is 2.27. The van der Waals surface area contributed by atoms with Gasteiger partial charge in [-0.15, -0.1) is 0 Å². The molecular weight excluding hydrogens is 653 g/mol. The topological polar surface area (TPSA) is 108 Å². The number of phosphoric ester groups is 1. The van der Waals surface area contributed by atoms with Crippen LogP contribution in [0.4, 0.5) is 0 Å². The average Bonchev–Trinajstić information content (AvgIpc) is 3.06. The van der Waals surface area contributed by atoms with Gasteiger partial charge in [0.1, 0.15) is 19.8 Å². The lowest BCUT2D eigenvalue weighted by atomic mass is 10.1. The molecule has 0 aromatic carbocycles. The van der Waals surface area contributed by atoms with Crippen LogP contribution in [0.25, 0.3) is 0 Å². The van der Waals surface area contributed by atoms with E-state index in [1.54, 1.807) is 0 Å². The molecule has 0 heterocycles. The molecule has 0 aliphatic rings. The van der Waals surface area contributed by atoms with Gasteiger partial charge in [-0.2, -0.15) is 0 Å². The number of ether oxygens (including phenoxy) is 2. The fraction of sp³-hybridized carbons (Fsp3) is 0.900. The molecule has 0 rings (SSSR count). The summed E-state index contributed by atoms with van der Waals surface area (Å²) in [6.45, 7) is 4.38. The van der Waals surface area contributed by atoms with Crippen molar-refractivity contribution in [3.63, 3.8) is 0 Å². The number of quaternary nitrogens is 1. The van der Waals surface area contributed by atoms with Gasteiger partial charge in [-0.3, -0.25) is 18.6 Å². The molecule has 0 saturated carbocycles. The molecule has 10 heteroatoms. The van der Waals surface area contributed by atoms with Gasteiger partial charge in [0.15, 0.2) is 6.10 Å². The molecule has 2 atom stereocenters.